The molecular formula is C27H30ClN3O6S. The van der Waals surface area contributed by atoms with Gasteiger partial charge in [-0.15, -0.1) is 0 Å². The molecule has 0 aliphatic heterocycles. The third kappa shape index (κ3) is 7.65. The van der Waals surface area contributed by atoms with Gasteiger partial charge in [-0.05, 0) is 47.9 Å². The van der Waals surface area contributed by atoms with E-state index < -0.39 is 15.3 Å². The molecule has 1 heterocycles. The van der Waals surface area contributed by atoms with E-state index in [0.717, 1.165) is 17.4 Å². The van der Waals surface area contributed by atoms with Gasteiger partial charge in [-0.2, -0.15) is 5.26 Å². The normalized spacial score (nSPS) is 11.7. The number of nitriles is 1. The largest absolute Gasteiger partial charge is 0.488 e. The maximum Gasteiger partial charge on any atom is 0.247 e. The molecule has 202 valence electrons. The fraction of sp³-hybridized carbons (Fsp3) is 0.370. The number of aliphatic hydroxyl groups excluding tert-OH is 1. The van der Waals surface area contributed by atoms with Crippen molar-refractivity contribution in [3.8, 4) is 17.6 Å². The fourth-order valence-electron chi connectivity index (χ4n) is 3.58. The Kier molecular flexibility index (Phi) is 10.1. The Labute approximate surface area is 227 Å². The lowest BCUT2D eigenvalue weighted by atomic mass is 9.77. The number of benzene rings is 2. The molecule has 0 bridgehead atoms. The van der Waals surface area contributed by atoms with Gasteiger partial charge in [0.1, 0.15) is 25.0 Å². The summed E-state index contributed by atoms with van der Waals surface area (Å²) in [6.45, 7) is 5.18. The molecule has 1 N–H and O–H groups in total. The smallest absolute Gasteiger partial charge is 0.247 e. The number of halogens is 1. The quantitative estimate of drug-likeness (QED) is 0.243. The van der Waals surface area contributed by atoms with Crippen LogP contribution in [0.5, 0.6) is 11.5 Å². The van der Waals surface area contributed by atoms with Crippen molar-refractivity contribution in [1.29, 1.82) is 5.26 Å². The van der Waals surface area contributed by atoms with Crippen LogP contribution < -0.4 is 9.47 Å². The lowest BCUT2D eigenvalue weighted by Crippen LogP contribution is -2.19. The third-order valence-electron chi connectivity index (χ3n) is 5.79. The van der Waals surface area contributed by atoms with Gasteiger partial charge in [-0.1, -0.05) is 37.6 Å². The zero-order chi connectivity index (χ0) is 27.8. The summed E-state index contributed by atoms with van der Waals surface area (Å²) in [5.41, 5.74) is 2.10. The average molecular weight is 560 g/mol. The number of ether oxygens (including phenoxy) is 3. The molecule has 0 radical (unpaired) electrons. The Morgan fingerprint density at radius 2 is 1.79 bits per heavy atom. The Bertz CT molecular complexity index is 1390. The first-order valence-corrected chi connectivity index (χ1v) is 14.1. The van der Waals surface area contributed by atoms with Gasteiger partial charge in [0.15, 0.2) is 5.75 Å². The van der Waals surface area contributed by atoms with Gasteiger partial charge in [0.05, 0.1) is 22.9 Å². The molecule has 3 aromatic rings. The molecule has 11 heteroatoms. The summed E-state index contributed by atoms with van der Waals surface area (Å²) >= 11 is 6.52. The topological polar surface area (TPSA) is 132 Å². The van der Waals surface area contributed by atoms with E-state index in [-0.39, 0.29) is 25.0 Å². The fourth-order valence-corrected chi connectivity index (χ4v) is 4.39. The first-order chi connectivity index (χ1) is 18.1. The van der Waals surface area contributed by atoms with Crippen LogP contribution in [0.25, 0.3) is 0 Å². The number of aliphatic hydroxyl groups is 1. The van der Waals surface area contributed by atoms with Crippen LogP contribution in [0.1, 0.15) is 42.7 Å². The lowest BCUT2D eigenvalue weighted by Gasteiger charge is -2.27. The second-order valence-electron chi connectivity index (χ2n) is 9.03. The Balaban J connectivity index is 1.70. The molecular weight excluding hydrogens is 530 g/mol. The Morgan fingerprint density at radius 1 is 1.05 bits per heavy atom. The molecule has 0 amide bonds. The van der Waals surface area contributed by atoms with E-state index in [9.17, 15) is 13.7 Å². The van der Waals surface area contributed by atoms with Crippen LogP contribution in [-0.4, -0.2) is 56.2 Å². The highest BCUT2D eigenvalue weighted by molar-refractivity contribution is 7.90. The van der Waals surface area contributed by atoms with Gasteiger partial charge in [0.2, 0.25) is 15.0 Å². The molecule has 3 rings (SSSR count). The summed E-state index contributed by atoms with van der Waals surface area (Å²) in [7, 11) is -3.51. The summed E-state index contributed by atoms with van der Waals surface area (Å²) in [6, 6.07) is 14.8. The third-order valence-corrected chi connectivity index (χ3v) is 6.93. The molecule has 0 unspecified atom stereocenters. The monoisotopic (exact) mass is 559 g/mol. The van der Waals surface area contributed by atoms with Crippen LogP contribution in [0, 0.1) is 11.3 Å². The van der Waals surface area contributed by atoms with E-state index in [0.29, 0.717) is 47.4 Å². The van der Waals surface area contributed by atoms with Gasteiger partial charge >= 0.3 is 0 Å². The lowest BCUT2D eigenvalue weighted by molar-refractivity contribution is 0.0882. The SMILES string of the molecule is CC(C)(c1ccc(OCc2ccnc(S(C)(=O)=O)n2)cc1)c1cc(Cl)c(OCCOCCCO)c(C#N)c1. The number of nitrogens with zero attached hydrogens (tertiary/aromatic N) is 3. The summed E-state index contributed by atoms with van der Waals surface area (Å²) in [4.78, 5) is 7.81. The first-order valence-electron chi connectivity index (χ1n) is 11.9. The van der Waals surface area contributed by atoms with Crippen LogP contribution in [0.3, 0.4) is 0 Å². The Morgan fingerprint density at radius 3 is 2.45 bits per heavy atom. The van der Waals surface area contributed by atoms with Gasteiger partial charge in [-0.25, -0.2) is 18.4 Å². The van der Waals surface area contributed by atoms with Crippen molar-refractivity contribution >= 4 is 21.4 Å². The number of hydrogen-bond donors (Lipinski definition) is 1. The van der Waals surface area contributed by atoms with Crippen molar-refractivity contribution in [2.24, 2.45) is 0 Å². The van der Waals surface area contributed by atoms with Crippen molar-refractivity contribution in [2.75, 3.05) is 32.7 Å². The van der Waals surface area contributed by atoms with E-state index in [1.165, 1.54) is 6.20 Å². The second kappa shape index (κ2) is 13.0. The van der Waals surface area contributed by atoms with Gasteiger partial charge < -0.3 is 19.3 Å². The minimum Gasteiger partial charge on any atom is -0.488 e. The maximum absolute atomic E-state index is 11.7. The van der Waals surface area contributed by atoms with E-state index in [1.807, 2.05) is 38.1 Å². The molecule has 0 saturated heterocycles. The summed E-state index contributed by atoms with van der Waals surface area (Å²) in [5, 5.41) is 18.6. The molecule has 0 atom stereocenters. The molecule has 0 aliphatic carbocycles. The predicted molar refractivity (Wildman–Crippen MR) is 142 cm³/mol. The molecule has 1 aromatic heterocycles. The van der Waals surface area contributed by atoms with Crippen molar-refractivity contribution in [2.45, 2.75) is 37.4 Å². The van der Waals surface area contributed by atoms with Crippen LogP contribution in [-0.2, 0) is 26.6 Å². The Hall–Kier alpha value is -3.23. The van der Waals surface area contributed by atoms with E-state index in [2.05, 4.69) is 16.0 Å². The van der Waals surface area contributed by atoms with Crippen molar-refractivity contribution in [1.82, 2.24) is 9.97 Å². The highest BCUT2D eigenvalue weighted by Crippen LogP contribution is 2.38. The zero-order valence-corrected chi connectivity index (χ0v) is 23.1. The molecule has 0 spiro atoms. The van der Waals surface area contributed by atoms with Crippen LogP contribution >= 0.6 is 11.6 Å². The standard InChI is InChI=1S/C27H30ClN3O6S/c1-27(2,21-15-19(17-29)25(24(28)16-21)36-14-13-35-12-4-11-32)20-5-7-23(8-6-20)37-18-22-9-10-30-26(31-22)38(3,33)34/h5-10,15-16,32H,4,11-14,18H2,1-3H3. The second-order valence-corrected chi connectivity index (χ2v) is 11.3. The van der Waals surface area contributed by atoms with Gasteiger partial charge in [-0.3, -0.25) is 0 Å². The predicted octanol–water partition coefficient (Wildman–Crippen LogP) is 4.09. The van der Waals surface area contributed by atoms with Crippen molar-refractivity contribution in [3.05, 3.63) is 76.1 Å². The van der Waals surface area contributed by atoms with E-state index >= 15 is 0 Å². The molecule has 9 nitrogen and oxygen atoms in total. The number of hydrogen-bond acceptors (Lipinski definition) is 9. The number of rotatable bonds is 13. The average Bonchev–Trinajstić information content (AvgIpc) is 2.89. The molecule has 2 aromatic carbocycles. The molecule has 0 fully saturated rings. The van der Waals surface area contributed by atoms with Crippen molar-refractivity contribution in [3.63, 3.8) is 0 Å². The molecule has 0 saturated carbocycles. The maximum atomic E-state index is 11.7. The highest BCUT2D eigenvalue weighted by Gasteiger charge is 2.26. The number of aromatic nitrogens is 2. The minimum absolute atomic E-state index is 0.0649. The van der Waals surface area contributed by atoms with Gasteiger partial charge in [0.25, 0.3) is 0 Å². The van der Waals surface area contributed by atoms with E-state index in [1.54, 1.807) is 18.2 Å². The summed E-state index contributed by atoms with van der Waals surface area (Å²) < 4.78 is 40.2. The summed E-state index contributed by atoms with van der Waals surface area (Å²) in [5.74, 6) is 0.900. The van der Waals surface area contributed by atoms with Crippen LogP contribution in [0.2, 0.25) is 5.02 Å². The van der Waals surface area contributed by atoms with E-state index in [4.69, 9.17) is 30.9 Å². The van der Waals surface area contributed by atoms with Crippen LogP contribution in [0.15, 0.2) is 53.8 Å². The number of sulfone groups is 1. The summed E-state index contributed by atoms with van der Waals surface area (Å²) in [6.07, 6.45) is 2.99. The zero-order valence-electron chi connectivity index (χ0n) is 21.5. The minimum atomic E-state index is -3.51. The molecule has 38 heavy (non-hydrogen) atoms. The highest BCUT2D eigenvalue weighted by atomic mass is 35.5. The van der Waals surface area contributed by atoms with Crippen molar-refractivity contribution < 1.29 is 27.7 Å². The van der Waals surface area contributed by atoms with Gasteiger partial charge in [0, 0.05) is 31.1 Å². The van der Waals surface area contributed by atoms with Crippen LogP contribution in [0.4, 0.5) is 0 Å². The molecule has 0 aliphatic rings. The first kappa shape index (κ1) is 29.3.